The number of anilines is 1. The summed E-state index contributed by atoms with van der Waals surface area (Å²) in [7, 11) is 0. The Balaban J connectivity index is 1.27. The van der Waals surface area contributed by atoms with E-state index in [4.69, 9.17) is 4.74 Å². The van der Waals surface area contributed by atoms with Crippen molar-refractivity contribution in [3.8, 4) is 0 Å². The second-order valence-corrected chi connectivity index (χ2v) is 9.06. The van der Waals surface area contributed by atoms with E-state index in [0.29, 0.717) is 49.9 Å². The molecular formula is C22H31F3N4O2. The lowest BCUT2D eigenvalue weighted by Gasteiger charge is -2.37. The molecule has 3 fully saturated rings. The normalized spacial score (nSPS) is 29.9. The average Bonchev–Trinajstić information content (AvgIpc) is 3.23. The summed E-state index contributed by atoms with van der Waals surface area (Å²) in [6.45, 7) is 5.88. The summed E-state index contributed by atoms with van der Waals surface area (Å²) in [6.07, 6.45) is 1.67. The molecule has 0 aromatic carbocycles. The molecule has 2 aliphatic heterocycles. The molecular weight excluding hydrogens is 409 g/mol. The van der Waals surface area contributed by atoms with Crippen LogP contribution in [0.4, 0.5) is 18.9 Å². The van der Waals surface area contributed by atoms with Crippen LogP contribution in [-0.4, -0.2) is 67.3 Å². The second kappa shape index (κ2) is 9.32. The van der Waals surface area contributed by atoms with Gasteiger partial charge in [-0.25, -0.2) is 0 Å². The summed E-state index contributed by atoms with van der Waals surface area (Å²) < 4.78 is 44.4. The molecule has 6 nitrogen and oxygen atoms in total. The number of alkyl halides is 3. The van der Waals surface area contributed by atoms with Gasteiger partial charge in [-0.2, -0.15) is 13.2 Å². The Labute approximate surface area is 181 Å². The number of nitrogens with one attached hydrogen (secondary N) is 1. The molecule has 0 radical (unpaired) electrons. The van der Waals surface area contributed by atoms with Crippen LogP contribution in [0.3, 0.4) is 0 Å². The standard InChI is InChI=1S/C22H31F3N4O2/c1-15-14-31-9-4-20(15)27-18-3-2-16(10-18)21(30)29-7-5-28(6-8-29)19-11-17(12-26-13-19)22(23,24)25/h11-13,15-16,18,20,27H,2-10,14H2,1H3. The van der Waals surface area contributed by atoms with Gasteiger partial charge in [0.05, 0.1) is 24.1 Å². The summed E-state index contributed by atoms with van der Waals surface area (Å²) in [4.78, 5) is 20.5. The molecule has 31 heavy (non-hydrogen) atoms. The maximum absolute atomic E-state index is 13.0. The van der Waals surface area contributed by atoms with Gasteiger partial charge in [0.25, 0.3) is 0 Å². The minimum absolute atomic E-state index is 0.0365. The zero-order valence-corrected chi connectivity index (χ0v) is 17.9. The van der Waals surface area contributed by atoms with Crippen LogP contribution in [-0.2, 0) is 15.7 Å². The number of halogens is 3. The fourth-order valence-corrected chi connectivity index (χ4v) is 4.99. The van der Waals surface area contributed by atoms with Crippen molar-refractivity contribution in [3.05, 3.63) is 24.0 Å². The zero-order valence-electron chi connectivity index (χ0n) is 17.9. The van der Waals surface area contributed by atoms with Crippen molar-refractivity contribution in [3.63, 3.8) is 0 Å². The van der Waals surface area contributed by atoms with Crippen molar-refractivity contribution in [2.75, 3.05) is 44.3 Å². The number of aromatic nitrogens is 1. The fourth-order valence-electron chi connectivity index (χ4n) is 4.99. The number of piperazine rings is 1. The summed E-state index contributed by atoms with van der Waals surface area (Å²) >= 11 is 0. The number of carbonyl (C=O) groups is 1. The van der Waals surface area contributed by atoms with E-state index in [0.717, 1.165) is 51.2 Å². The molecule has 4 atom stereocenters. The van der Waals surface area contributed by atoms with Crippen LogP contribution in [0.2, 0.25) is 0 Å². The molecule has 1 saturated carbocycles. The lowest BCUT2D eigenvalue weighted by Crippen LogP contribution is -2.50. The SMILES string of the molecule is CC1COCCC1NC1CCC(C(=O)N2CCN(c3cncc(C(F)(F)F)c3)CC2)C1. The highest BCUT2D eigenvalue weighted by Crippen LogP contribution is 2.32. The number of ether oxygens (including phenoxy) is 1. The van der Waals surface area contributed by atoms with Gasteiger partial charge in [0.1, 0.15) is 0 Å². The van der Waals surface area contributed by atoms with Crippen molar-refractivity contribution in [1.82, 2.24) is 15.2 Å². The predicted octanol–water partition coefficient (Wildman–Crippen LogP) is 2.93. The van der Waals surface area contributed by atoms with Crippen LogP contribution in [0.25, 0.3) is 0 Å². The predicted molar refractivity (Wildman–Crippen MR) is 111 cm³/mol. The maximum atomic E-state index is 13.0. The van der Waals surface area contributed by atoms with Gasteiger partial charge in [-0.15, -0.1) is 0 Å². The van der Waals surface area contributed by atoms with Crippen LogP contribution < -0.4 is 10.2 Å². The summed E-state index contributed by atoms with van der Waals surface area (Å²) in [6, 6.07) is 1.96. The molecule has 0 spiro atoms. The number of amides is 1. The summed E-state index contributed by atoms with van der Waals surface area (Å²) in [5.41, 5.74) is -0.288. The third-order valence-electron chi connectivity index (χ3n) is 6.88. The minimum Gasteiger partial charge on any atom is -0.381 e. The topological polar surface area (TPSA) is 57.7 Å². The molecule has 1 aromatic rings. The number of nitrogens with zero attached hydrogens (tertiary/aromatic N) is 3. The lowest BCUT2D eigenvalue weighted by atomic mass is 9.96. The number of pyridine rings is 1. The zero-order chi connectivity index (χ0) is 22.0. The largest absolute Gasteiger partial charge is 0.417 e. The first-order valence-electron chi connectivity index (χ1n) is 11.2. The highest BCUT2D eigenvalue weighted by Gasteiger charge is 2.36. The number of hydrogen-bond acceptors (Lipinski definition) is 5. The van der Waals surface area contributed by atoms with Crippen molar-refractivity contribution < 1.29 is 22.7 Å². The maximum Gasteiger partial charge on any atom is 0.417 e. The molecule has 2 saturated heterocycles. The van der Waals surface area contributed by atoms with Gasteiger partial charge in [-0.05, 0) is 37.7 Å². The van der Waals surface area contributed by atoms with Crippen LogP contribution in [0.15, 0.2) is 18.5 Å². The monoisotopic (exact) mass is 440 g/mol. The van der Waals surface area contributed by atoms with E-state index >= 15 is 0 Å². The van der Waals surface area contributed by atoms with E-state index < -0.39 is 11.7 Å². The molecule has 1 N–H and O–H groups in total. The van der Waals surface area contributed by atoms with E-state index in [9.17, 15) is 18.0 Å². The van der Waals surface area contributed by atoms with Gasteiger partial charge >= 0.3 is 6.18 Å². The minimum atomic E-state index is -4.41. The van der Waals surface area contributed by atoms with Gasteiger partial charge in [0.2, 0.25) is 5.91 Å². The molecule has 1 aliphatic carbocycles. The van der Waals surface area contributed by atoms with Crippen LogP contribution >= 0.6 is 0 Å². The number of hydrogen-bond donors (Lipinski definition) is 1. The highest BCUT2D eigenvalue weighted by molar-refractivity contribution is 5.79. The molecule has 4 rings (SSSR count). The first-order chi connectivity index (χ1) is 14.8. The molecule has 3 heterocycles. The quantitative estimate of drug-likeness (QED) is 0.780. The molecule has 3 aliphatic rings. The summed E-state index contributed by atoms with van der Waals surface area (Å²) in [5, 5.41) is 3.74. The van der Waals surface area contributed by atoms with E-state index in [2.05, 4.69) is 17.2 Å². The summed E-state index contributed by atoms with van der Waals surface area (Å²) in [5.74, 6) is 0.711. The van der Waals surface area contributed by atoms with Crippen molar-refractivity contribution >= 4 is 11.6 Å². The Morgan fingerprint density at radius 2 is 1.94 bits per heavy atom. The Morgan fingerprint density at radius 3 is 2.65 bits per heavy atom. The molecule has 1 aromatic heterocycles. The van der Waals surface area contributed by atoms with Crippen molar-refractivity contribution in [2.24, 2.45) is 11.8 Å². The van der Waals surface area contributed by atoms with Gasteiger partial charge in [0, 0.05) is 57.0 Å². The van der Waals surface area contributed by atoms with Gasteiger partial charge < -0.3 is 19.9 Å². The Kier molecular flexibility index (Phi) is 6.71. The first-order valence-corrected chi connectivity index (χ1v) is 11.2. The van der Waals surface area contributed by atoms with Gasteiger partial charge in [0.15, 0.2) is 0 Å². The molecule has 172 valence electrons. The molecule has 4 unspecified atom stereocenters. The van der Waals surface area contributed by atoms with Crippen LogP contribution in [0.5, 0.6) is 0 Å². The number of rotatable bonds is 4. The molecule has 0 bridgehead atoms. The van der Waals surface area contributed by atoms with Crippen molar-refractivity contribution in [2.45, 2.75) is 50.9 Å². The number of carbonyl (C=O) groups excluding carboxylic acids is 1. The lowest BCUT2D eigenvalue weighted by molar-refractivity contribution is -0.137. The van der Waals surface area contributed by atoms with E-state index in [1.807, 2.05) is 9.80 Å². The Morgan fingerprint density at radius 1 is 1.16 bits per heavy atom. The molecule has 9 heteroatoms. The van der Waals surface area contributed by atoms with Crippen LogP contribution in [0.1, 0.15) is 38.2 Å². The van der Waals surface area contributed by atoms with Crippen molar-refractivity contribution in [1.29, 1.82) is 0 Å². The van der Waals surface area contributed by atoms with E-state index in [-0.39, 0.29) is 11.8 Å². The van der Waals surface area contributed by atoms with Gasteiger partial charge in [-0.3, -0.25) is 9.78 Å². The second-order valence-electron chi connectivity index (χ2n) is 9.06. The molecule has 1 amide bonds. The van der Waals surface area contributed by atoms with E-state index in [1.165, 1.54) is 6.20 Å². The fraction of sp³-hybridized carbons (Fsp3) is 0.727. The first kappa shape index (κ1) is 22.3. The Bertz CT molecular complexity index is 767. The highest BCUT2D eigenvalue weighted by atomic mass is 19.4. The average molecular weight is 441 g/mol. The van der Waals surface area contributed by atoms with Crippen LogP contribution in [0, 0.1) is 11.8 Å². The third-order valence-corrected chi connectivity index (χ3v) is 6.88. The van der Waals surface area contributed by atoms with E-state index in [1.54, 1.807) is 0 Å². The smallest absolute Gasteiger partial charge is 0.381 e. The Hall–Kier alpha value is -1.87. The third kappa shape index (κ3) is 5.31. The van der Waals surface area contributed by atoms with Gasteiger partial charge in [-0.1, -0.05) is 6.92 Å².